The molecule has 102 valence electrons. The number of hydrogen-bond acceptors (Lipinski definition) is 5. The van der Waals surface area contributed by atoms with Crippen molar-refractivity contribution in [1.29, 1.82) is 0 Å². The van der Waals surface area contributed by atoms with Gasteiger partial charge in [0, 0.05) is 29.1 Å². The van der Waals surface area contributed by atoms with Gasteiger partial charge in [0.15, 0.2) is 0 Å². The first-order valence-electron chi connectivity index (χ1n) is 6.05. The first-order chi connectivity index (χ1) is 9.83. The zero-order valence-corrected chi connectivity index (χ0v) is 12.1. The lowest BCUT2D eigenvalue weighted by atomic mass is 10.2. The third-order valence-corrected chi connectivity index (χ3v) is 4.57. The molecule has 20 heavy (non-hydrogen) atoms. The molecule has 3 rings (SSSR count). The lowest BCUT2D eigenvalue weighted by Crippen LogP contribution is -2.30. The van der Waals surface area contributed by atoms with Gasteiger partial charge in [0.2, 0.25) is 0 Å². The standard InChI is InChI=1S/C13H12N4OS2/c18-12(10-3-4-15-17-10)16-11(13-14-5-7-20-13)8-9-2-1-6-19-9/h1-7,11H,8H2,(H,15,17)(H,16,18). The quantitative estimate of drug-likeness (QED) is 0.761. The molecule has 3 heterocycles. The molecule has 3 aromatic rings. The second kappa shape index (κ2) is 5.98. The monoisotopic (exact) mass is 304 g/mol. The van der Waals surface area contributed by atoms with E-state index < -0.39 is 0 Å². The van der Waals surface area contributed by atoms with E-state index in [-0.39, 0.29) is 11.9 Å². The van der Waals surface area contributed by atoms with Gasteiger partial charge in [-0.25, -0.2) is 4.98 Å². The Labute approximate surface area is 123 Å². The van der Waals surface area contributed by atoms with Crippen molar-refractivity contribution in [3.63, 3.8) is 0 Å². The maximum Gasteiger partial charge on any atom is 0.269 e. The van der Waals surface area contributed by atoms with Crippen LogP contribution in [0.3, 0.4) is 0 Å². The number of H-pyrrole nitrogens is 1. The van der Waals surface area contributed by atoms with Crippen molar-refractivity contribution >= 4 is 28.6 Å². The Morgan fingerprint density at radius 3 is 2.90 bits per heavy atom. The minimum Gasteiger partial charge on any atom is -0.341 e. The fourth-order valence-electron chi connectivity index (χ4n) is 1.85. The Morgan fingerprint density at radius 2 is 2.25 bits per heavy atom. The molecule has 0 radical (unpaired) electrons. The zero-order chi connectivity index (χ0) is 13.8. The molecule has 5 nitrogen and oxygen atoms in total. The van der Waals surface area contributed by atoms with Gasteiger partial charge in [0.25, 0.3) is 5.91 Å². The van der Waals surface area contributed by atoms with Gasteiger partial charge in [0.05, 0.1) is 6.04 Å². The number of thiazole rings is 1. The summed E-state index contributed by atoms with van der Waals surface area (Å²) >= 11 is 3.22. The molecular formula is C13H12N4OS2. The molecule has 1 unspecified atom stereocenters. The van der Waals surface area contributed by atoms with Crippen molar-refractivity contribution in [3.05, 3.63) is 56.9 Å². The lowest BCUT2D eigenvalue weighted by molar-refractivity contribution is 0.0931. The number of thiophene rings is 1. The second-order valence-corrected chi connectivity index (χ2v) is 6.11. The Balaban J connectivity index is 1.77. The first-order valence-corrected chi connectivity index (χ1v) is 7.81. The third kappa shape index (κ3) is 2.94. The van der Waals surface area contributed by atoms with Crippen LogP contribution in [0.1, 0.15) is 26.4 Å². The molecule has 0 aliphatic heterocycles. The Bertz CT molecular complexity index is 647. The van der Waals surface area contributed by atoms with E-state index in [1.807, 2.05) is 16.8 Å². The van der Waals surface area contributed by atoms with Gasteiger partial charge in [-0.1, -0.05) is 6.07 Å². The summed E-state index contributed by atoms with van der Waals surface area (Å²) in [5.41, 5.74) is 0.456. The van der Waals surface area contributed by atoms with Crippen LogP contribution in [0.2, 0.25) is 0 Å². The fourth-order valence-corrected chi connectivity index (χ4v) is 3.30. The zero-order valence-electron chi connectivity index (χ0n) is 10.4. The number of rotatable bonds is 5. The van der Waals surface area contributed by atoms with Crippen LogP contribution < -0.4 is 5.32 Å². The molecule has 0 aliphatic rings. The van der Waals surface area contributed by atoms with Crippen LogP contribution in [0.15, 0.2) is 41.4 Å². The van der Waals surface area contributed by atoms with Gasteiger partial charge in [-0.3, -0.25) is 9.89 Å². The lowest BCUT2D eigenvalue weighted by Gasteiger charge is -2.15. The third-order valence-electron chi connectivity index (χ3n) is 2.79. The van der Waals surface area contributed by atoms with Gasteiger partial charge in [0.1, 0.15) is 10.7 Å². The van der Waals surface area contributed by atoms with Crippen LogP contribution >= 0.6 is 22.7 Å². The minimum atomic E-state index is -0.167. The highest BCUT2D eigenvalue weighted by Gasteiger charge is 2.19. The van der Waals surface area contributed by atoms with Crippen molar-refractivity contribution in [1.82, 2.24) is 20.5 Å². The van der Waals surface area contributed by atoms with E-state index in [0.29, 0.717) is 5.69 Å². The first kappa shape index (κ1) is 13.0. The van der Waals surface area contributed by atoms with Crippen LogP contribution in [-0.4, -0.2) is 21.1 Å². The summed E-state index contributed by atoms with van der Waals surface area (Å²) < 4.78 is 0. The maximum atomic E-state index is 12.1. The number of aromatic nitrogens is 3. The summed E-state index contributed by atoms with van der Waals surface area (Å²) in [6.07, 6.45) is 4.06. The molecule has 1 atom stereocenters. The SMILES string of the molecule is O=C(NC(Cc1cccs1)c1nccs1)c1ccn[nH]1. The topological polar surface area (TPSA) is 70.7 Å². The highest BCUT2D eigenvalue weighted by molar-refractivity contribution is 7.10. The van der Waals surface area contributed by atoms with E-state index in [4.69, 9.17) is 0 Å². The fraction of sp³-hybridized carbons (Fsp3) is 0.154. The Morgan fingerprint density at radius 1 is 1.30 bits per heavy atom. The maximum absolute atomic E-state index is 12.1. The molecule has 3 aromatic heterocycles. The average molecular weight is 304 g/mol. The largest absolute Gasteiger partial charge is 0.341 e. The summed E-state index contributed by atoms with van der Waals surface area (Å²) in [4.78, 5) is 17.7. The van der Waals surface area contributed by atoms with E-state index >= 15 is 0 Å². The van der Waals surface area contributed by atoms with E-state index in [1.54, 1.807) is 41.1 Å². The van der Waals surface area contributed by atoms with Crippen LogP contribution in [0.5, 0.6) is 0 Å². The smallest absolute Gasteiger partial charge is 0.269 e. The summed E-state index contributed by atoms with van der Waals surface area (Å²) in [5.74, 6) is -0.167. The molecule has 0 saturated heterocycles. The molecule has 0 bridgehead atoms. The molecule has 0 saturated carbocycles. The number of aromatic amines is 1. The van der Waals surface area contributed by atoms with E-state index in [9.17, 15) is 4.79 Å². The number of nitrogens with zero attached hydrogens (tertiary/aromatic N) is 2. The number of carbonyl (C=O) groups is 1. The van der Waals surface area contributed by atoms with Gasteiger partial charge >= 0.3 is 0 Å². The number of amides is 1. The molecule has 1 amide bonds. The van der Waals surface area contributed by atoms with E-state index in [1.165, 1.54) is 4.88 Å². The number of carbonyl (C=O) groups excluding carboxylic acids is 1. The van der Waals surface area contributed by atoms with Crippen molar-refractivity contribution in [2.24, 2.45) is 0 Å². The molecule has 0 spiro atoms. The van der Waals surface area contributed by atoms with Crippen molar-refractivity contribution in [2.45, 2.75) is 12.5 Å². The molecule has 0 aromatic carbocycles. The van der Waals surface area contributed by atoms with E-state index in [0.717, 1.165) is 11.4 Å². The van der Waals surface area contributed by atoms with Gasteiger partial charge in [-0.05, 0) is 17.5 Å². The normalized spacial score (nSPS) is 12.2. The van der Waals surface area contributed by atoms with Crippen molar-refractivity contribution in [2.75, 3.05) is 0 Å². The molecule has 2 N–H and O–H groups in total. The summed E-state index contributed by atoms with van der Waals surface area (Å²) in [7, 11) is 0. The summed E-state index contributed by atoms with van der Waals surface area (Å²) in [6.45, 7) is 0. The minimum absolute atomic E-state index is 0.121. The van der Waals surface area contributed by atoms with Gasteiger partial charge in [-0.15, -0.1) is 22.7 Å². The summed E-state index contributed by atoms with van der Waals surface area (Å²) in [5, 5.41) is 14.3. The molecule has 7 heteroatoms. The Hall–Kier alpha value is -1.99. The molecule has 0 aliphatic carbocycles. The predicted molar refractivity (Wildman–Crippen MR) is 78.9 cm³/mol. The van der Waals surface area contributed by atoms with Crippen LogP contribution in [0, 0.1) is 0 Å². The highest BCUT2D eigenvalue weighted by atomic mass is 32.1. The van der Waals surface area contributed by atoms with E-state index in [2.05, 4.69) is 26.6 Å². The van der Waals surface area contributed by atoms with Crippen LogP contribution in [0.25, 0.3) is 0 Å². The van der Waals surface area contributed by atoms with Crippen LogP contribution in [-0.2, 0) is 6.42 Å². The van der Waals surface area contributed by atoms with Crippen molar-refractivity contribution < 1.29 is 4.79 Å². The Kier molecular flexibility index (Phi) is 3.89. The summed E-state index contributed by atoms with van der Waals surface area (Å²) in [6, 6.07) is 5.60. The molecule has 0 fully saturated rings. The molecular weight excluding hydrogens is 292 g/mol. The predicted octanol–water partition coefficient (Wildman–Crippen LogP) is 2.64. The highest BCUT2D eigenvalue weighted by Crippen LogP contribution is 2.23. The number of nitrogens with one attached hydrogen (secondary N) is 2. The van der Waals surface area contributed by atoms with Gasteiger partial charge < -0.3 is 5.32 Å². The van der Waals surface area contributed by atoms with Crippen molar-refractivity contribution in [3.8, 4) is 0 Å². The number of hydrogen-bond donors (Lipinski definition) is 2. The second-order valence-electron chi connectivity index (χ2n) is 4.15. The van der Waals surface area contributed by atoms with Crippen LogP contribution in [0.4, 0.5) is 0 Å². The average Bonchev–Trinajstić information content (AvgIpc) is 3.20. The van der Waals surface area contributed by atoms with Gasteiger partial charge in [-0.2, -0.15) is 5.10 Å².